The molecule has 9 nitrogen and oxygen atoms in total. The van der Waals surface area contributed by atoms with Gasteiger partial charge < -0.3 is 25.6 Å². The predicted octanol–water partition coefficient (Wildman–Crippen LogP) is 2.42. The second kappa shape index (κ2) is 11.1. The molecule has 0 aromatic heterocycles. The lowest BCUT2D eigenvalue weighted by molar-refractivity contribution is -0.274. The molecule has 37 heavy (non-hydrogen) atoms. The number of rotatable bonds is 8. The van der Waals surface area contributed by atoms with Crippen LogP contribution in [-0.4, -0.2) is 86.2 Å². The Kier molecular flexibility index (Phi) is 8.68. The van der Waals surface area contributed by atoms with Crippen molar-refractivity contribution in [3.63, 3.8) is 0 Å². The highest BCUT2D eigenvalue weighted by Crippen LogP contribution is 2.35. The van der Waals surface area contributed by atoms with Crippen LogP contribution in [0.3, 0.4) is 0 Å². The number of carbonyl (C=O) groups excluding carboxylic acids is 2. The Balaban J connectivity index is 1.73. The van der Waals surface area contributed by atoms with Crippen LogP contribution in [0.2, 0.25) is 0 Å². The Morgan fingerprint density at radius 2 is 1.95 bits per heavy atom. The summed E-state index contributed by atoms with van der Waals surface area (Å²) < 4.78 is 66.0. The van der Waals surface area contributed by atoms with E-state index in [1.54, 1.807) is 4.90 Å². The minimum Gasteiger partial charge on any atom is -0.406 e. The molecule has 0 bridgehead atoms. The van der Waals surface area contributed by atoms with Gasteiger partial charge in [0, 0.05) is 36.6 Å². The van der Waals surface area contributed by atoms with Crippen LogP contribution in [0.1, 0.15) is 49.9 Å². The minimum absolute atomic E-state index is 0.0383. The molecule has 13 heteroatoms. The number of halogens is 3. The highest BCUT2D eigenvalue weighted by molar-refractivity contribution is 7.90. The molecule has 1 saturated carbocycles. The molecule has 4 atom stereocenters. The molecular formula is C24H35F3N4O5S. The first-order valence-corrected chi connectivity index (χ1v) is 14.3. The maximum atomic E-state index is 13.3. The number of nitrogens with two attached hydrogens (primary N) is 1. The Labute approximate surface area is 215 Å². The second-order valence-corrected chi connectivity index (χ2v) is 12.5. The number of likely N-dealkylation sites (tertiary alicyclic amines) is 1. The number of benzene rings is 1. The molecule has 2 aliphatic rings. The summed E-state index contributed by atoms with van der Waals surface area (Å²) >= 11 is 0. The fourth-order valence-electron chi connectivity index (χ4n) is 5.32. The number of anilines is 1. The number of nitrogen functional groups attached to an aromatic ring is 1. The zero-order valence-electron chi connectivity index (χ0n) is 21.4. The van der Waals surface area contributed by atoms with Gasteiger partial charge in [-0.2, -0.15) is 0 Å². The third-order valence-electron chi connectivity index (χ3n) is 7.27. The molecule has 3 N–H and O–H groups in total. The average molecular weight is 549 g/mol. The molecule has 1 saturated heterocycles. The Morgan fingerprint density at radius 1 is 1.27 bits per heavy atom. The van der Waals surface area contributed by atoms with Crippen molar-refractivity contribution in [2.24, 2.45) is 5.92 Å². The van der Waals surface area contributed by atoms with Crippen molar-refractivity contribution in [1.29, 1.82) is 0 Å². The van der Waals surface area contributed by atoms with Crippen molar-refractivity contribution in [2.45, 2.75) is 70.1 Å². The largest absolute Gasteiger partial charge is 0.573 e. The quantitative estimate of drug-likeness (QED) is 0.479. The van der Waals surface area contributed by atoms with Crippen LogP contribution >= 0.6 is 0 Å². The summed E-state index contributed by atoms with van der Waals surface area (Å²) in [5.41, 5.74) is 5.49. The van der Waals surface area contributed by atoms with Crippen molar-refractivity contribution in [2.75, 3.05) is 31.3 Å². The molecule has 1 unspecified atom stereocenters. The van der Waals surface area contributed by atoms with Crippen LogP contribution in [0.25, 0.3) is 0 Å². The zero-order chi connectivity index (χ0) is 27.7. The van der Waals surface area contributed by atoms with Gasteiger partial charge in [0.05, 0.1) is 11.3 Å². The molecule has 1 aliphatic heterocycles. The molecule has 3 rings (SSSR count). The number of nitrogens with zero attached hydrogens (tertiary/aromatic N) is 2. The highest BCUT2D eigenvalue weighted by Gasteiger charge is 2.44. The van der Waals surface area contributed by atoms with E-state index >= 15 is 0 Å². The third-order valence-corrected chi connectivity index (χ3v) is 8.30. The van der Waals surface area contributed by atoms with Crippen LogP contribution < -0.4 is 15.8 Å². The number of nitrogens with one attached hydrogen (secondary N) is 1. The first-order valence-electron chi connectivity index (χ1n) is 12.2. The van der Waals surface area contributed by atoms with Gasteiger partial charge in [-0.15, -0.1) is 13.2 Å². The third kappa shape index (κ3) is 7.50. The predicted molar refractivity (Wildman–Crippen MR) is 133 cm³/mol. The molecule has 0 radical (unpaired) electrons. The number of hydrogen-bond donors (Lipinski definition) is 2. The standard InChI is InChI=1S/C24H35F3N4O5S/c1-14(2)30(3)16-5-8-21(15(11-16)13-37(4,34)35)31-10-9-20(23(31)33)29-22(32)18-12-17(6-7-19(18)28)36-24(25,26)27/h6-7,12,14-16,20-21H,5,8-11,13,28H2,1-4H3,(H,29,32)/t15-,16+,20?,21-/m0/s1. The molecule has 2 amide bonds. The van der Waals surface area contributed by atoms with E-state index in [9.17, 15) is 31.2 Å². The van der Waals surface area contributed by atoms with Gasteiger partial charge in [0.15, 0.2) is 0 Å². The topological polar surface area (TPSA) is 122 Å². The second-order valence-electron chi connectivity index (χ2n) is 10.3. The molecule has 1 aromatic rings. The molecule has 208 valence electrons. The zero-order valence-corrected chi connectivity index (χ0v) is 22.2. The summed E-state index contributed by atoms with van der Waals surface area (Å²) in [5, 5.41) is 2.58. The van der Waals surface area contributed by atoms with E-state index < -0.39 is 33.9 Å². The number of sulfone groups is 1. The van der Waals surface area contributed by atoms with Gasteiger partial charge in [-0.05, 0) is 70.7 Å². The highest BCUT2D eigenvalue weighted by atomic mass is 32.2. The van der Waals surface area contributed by atoms with E-state index in [1.165, 1.54) is 6.26 Å². The van der Waals surface area contributed by atoms with Gasteiger partial charge in [0.2, 0.25) is 5.91 Å². The number of amides is 2. The van der Waals surface area contributed by atoms with E-state index in [0.29, 0.717) is 31.8 Å². The summed E-state index contributed by atoms with van der Waals surface area (Å²) in [6.45, 7) is 4.49. The van der Waals surface area contributed by atoms with Gasteiger partial charge in [0.1, 0.15) is 21.6 Å². The summed E-state index contributed by atoms with van der Waals surface area (Å²) in [7, 11) is -1.28. The lowest BCUT2D eigenvalue weighted by Crippen LogP contribution is -2.53. The number of alkyl halides is 3. The SMILES string of the molecule is CC(C)N(C)[C@@H]1CC[C@H](N2CCC(NC(=O)c3cc(OC(F)(F)F)ccc3N)C2=O)[C@H](CS(C)(=O)=O)C1. The van der Waals surface area contributed by atoms with E-state index in [-0.39, 0.29) is 40.9 Å². The normalized spacial score (nSPS) is 25.1. The molecular weight excluding hydrogens is 513 g/mol. The van der Waals surface area contributed by atoms with E-state index in [1.807, 2.05) is 7.05 Å². The van der Waals surface area contributed by atoms with Crippen molar-refractivity contribution in [3.8, 4) is 5.75 Å². The van der Waals surface area contributed by atoms with Crippen molar-refractivity contribution >= 4 is 27.3 Å². The fourth-order valence-corrected chi connectivity index (χ4v) is 6.46. The number of carbonyl (C=O) groups is 2. The van der Waals surface area contributed by atoms with Gasteiger partial charge >= 0.3 is 6.36 Å². The summed E-state index contributed by atoms with van der Waals surface area (Å²) in [6.07, 6.45) is -1.37. The van der Waals surface area contributed by atoms with Gasteiger partial charge in [0.25, 0.3) is 5.91 Å². The average Bonchev–Trinajstić information content (AvgIpc) is 3.12. The number of ether oxygens (including phenoxy) is 1. The summed E-state index contributed by atoms with van der Waals surface area (Å²) in [6, 6.07) is 2.32. The van der Waals surface area contributed by atoms with Crippen LogP contribution in [0.5, 0.6) is 5.75 Å². The summed E-state index contributed by atoms with van der Waals surface area (Å²) in [4.78, 5) is 30.0. The Bertz CT molecular complexity index is 1110. The van der Waals surface area contributed by atoms with Crippen molar-refractivity contribution in [3.05, 3.63) is 23.8 Å². The van der Waals surface area contributed by atoms with Crippen LogP contribution in [-0.2, 0) is 14.6 Å². The van der Waals surface area contributed by atoms with Gasteiger partial charge in [-0.1, -0.05) is 0 Å². The van der Waals surface area contributed by atoms with Crippen LogP contribution in [0.4, 0.5) is 18.9 Å². The van der Waals surface area contributed by atoms with Crippen molar-refractivity contribution < 1.29 is 35.9 Å². The Hall–Kier alpha value is -2.54. The van der Waals surface area contributed by atoms with Crippen LogP contribution in [0.15, 0.2) is 18.2 Å². The first-order chi connectivity index (χ1) is 17.1. The van der Waals surface area contributed by atoms with E-state index in [2.05, 4.69) is 28.8 Å². The smallest absolute Gasteiger partial charge is 0.406 e. The summed E-state index contributed by atoms with van der Waals surface area (Å²) in [5.74, 6) is -2.02. The van der Waals surface area contributed by atoms with Crippen LogP contribution in [0, 0.1) is 5.92 Å². The maximum absolute atomic E-state index is 13.3. The van der Waals surface area contributed by atoms with E-state index in [4.69, 9.17) is 5.73 Å². The van der Waals surface area contributed by atoms with Gasteiger partial charge in [-0.3, -0.25) is 9.59 Å². The first kappa shape index (κ1) is 29.0. The lowest BCUT2D eigenvalue weighted by Gasteiger charge is -2.44. The monoisotopic (exact) mass is 548 g/mol. The van der Waals surface area contributed by atoms with Crippen molar-refractivity contribution in [1.82, 2.24) is 15.1 Å². The minimum atomic E-state index is -4.93. The maximum Gasteiger partial charge on any atom is 0.573 e. The molecule has 1 heterocycles. The Morgan fingerprint density at radius 3 is 2.54 bits per heavy atom. The fraction of sp³-hybridized carbons (Fsp3) is 0.667. The lowest BCUT2D eigenvalue weighted by atomic mass is 9.81. The molecule has 0 spiro atoms. The molecule has 2 fully saturated rings. The van der Waals surface area contributed by atoms with Gasteiger partial charge in [-0.25, -0.2) is 8.42 Å². The van der Waals surface area contributed by atoms with E-state index in [0.717, 1.165) is 24.6 Å². The molecule has 1 aromatic carbocycles. The number of hydrogen-bond acceptors (Lipinski definition) is 7. The molecule has 1 aliphatic carbocycles.